The summed E-state index contributed by atoms with van der Waals surface area (Å²) >= 11 is 0. The van der Waals surface area contributed by atoms with Crippen molar-refractivity contribution in [2.45, 2.75) is 69.7 Å². The standard InChI is InChI=1S/C21H30N4O2/c1-3-17(22)14(2)24-18-11-9-16-10-12-19(25(16)21(18)27)20(26)23-13-15-7-5-4-6-8-15/h4-8,16-19,24H,2-3,9-13,22H2,1H3,(H,23,26). The Kier molecular flexibility index (Phi) is 6.16. The van der Waals surface area contributed by atoms with Gasteiger partial charge < -0.3 is 21.3 Å². The topological polar surface area (TPSA) is 87.5 Å². The number of hydrogen-bond acceptors (Lipinski definition) is 4. The quantitative estimate of drug-likeness (QED) is 0.681. The van der Waals surface area contributed by atoms with Crippen molar-refractivity contribution in [3.05, 3.63) is 48.2 Å². The molecule has 6 heteroatoms. The van der Waals surface area contributed by atoms with Crippen LogP contribution in [0.3, 0.4) is 0 Å². The Hall–Kier alpha value is -2.34. The summed E-state index contributed by atoms with van der Waals surface area (Å²) in [5.41, 5.74) is 7.75. The zero-order valence-corrected chi connectivity index (χ0v) is 16.0. The van der Waals surface area contributed by atoms with Crippen molar-refractivity contribution in [2.75, 3.05) is 0 Å². The zero-order valence-electron chi connectivity index (χ0n) is 16.0. The largest absolute Gasteiger partial charge is 0.376 e. The molecule has 0 saturated carbocycles. The van der Waals surface area contributed by atoms with E-state index in [-0.39, 0.29) is 36.0 Å². The van der Waals surface area contributed by atoms with Crippen LogP contribution in [0.25, 0.3) is 0 Å². The van der Waals surface area contributed by atoms with Gasteiger partial charge in [-0.25, -0.2) is 0 Å². The molecule has 146 valence electrons. The highest BCUT2D eigenvalue weighted by Crippen LogP contribution is 2.33. The smallest absolute Gasteiger partial charge is 0.245 e. The van der Waals surface area contributed by atoms with Crippen LogP contribution >= 0.6 is 0 Å². The number of nitrogens with two attached hydrogens (primary N) is 1. The maximum Gasteiger partial charge on any atom is 0.245 e. The molecular weight excluding hydrogens is 340 g/mol. The fourth-order valence-corrected chi connectivity index (χ4v) is 4.03. The number of benzene rings is 1. The molecule has 1 aromatic rings. The third kappa shape index (κ3) is 4.33. The van der Waals surface area contributed by atoms with E-state index in [1.807, 2.05) is 37.3 Å². The predicted octanol–water partition coefficient (Wildman–Crippen LogP) is 1.67. The number of nitrogens with one attached hydrogen (secondary N) is 2. The fourth-order valence-electron chi connectivity index (χ4n) is 4.03. The fraction of sp³-hybridized carbons (Fsp3) is 0.524. The lowest BCUT2D eigenvalue weighted by Gasteiger charge is -2.38. The number of carbonyl (C=O) groups is 2. The molecule has 0 aliphatic carbocycles. The van der Waals surface area contributed by atoms with Gasteiger partial charge in [-0.3, -0.25) is 9.59 Å². The van der Waals surface area contributed by atoms with E-state index < -0.39 is 0 Å². The van der Waals surface area contributed by atoms with Crippen molar-refractivity contribution in [2.24, 2.45) is 5.73 Å². The Morgan fingerprint density at radius 2 is 1.96 bits per heavy atom. The number of amides is 2. The van der Waals surface area contributed by atoms with Gasteiger partial charge in [0.05, 0.1) is 0 Å². The second-order valence-electron chi connectivity index (χ2n) is 7.51. The van der Waals surface area contributed by atoms with E-state index in [2.05, 4.69) is 17.2 Å². The van der Waals surface area contributed by atoms with Gasteiger partial charge in [0.2, 0.25) is 11.8 Å². The molecule has 4 unspecified atom stereocenters. The monoisotopic (exact) mass is 370 g/mol. The molecule has 0 aromatic heterocycles. The van der Waals surface area contributed by atoms with Crippen LogP contribution in [-0.2, 0) is 16.1 Å². The number of fused-ring (bicyclic) bond motifs is 1. The van der Waals surface area contributed by atoms with E-state index in [0.29, 0.717) is 12.2 Å². The second-order valence-corrected chi connectivity index (χ2v) is 7.51. The van der Waals surface area contributed by atoms with Crippen molar-refractivity contribution >= 4 is 11.8 Å². The van der Waals surface area contributed by atoms with E-state index in [0.717, 1.165) is 37.7 Å². The molecule has 2 aliphatic heterocycles. The van der Waals surface area contributed by atoms with E-state index in [4.69, 9.17) is 5.73 Å². The highest BCUT2D eigenvalue weighted by atomic mass is 16.2. The number of hydrogen-bond donors (Lipinski definition) is 3. The first-order chi connectivity index (χ1) is 13.0. The lowest BCUT2D eigenvalue weighted by atomic mass is 9.97. The molecule has 2 heterocycles. The van der Waals surface area contributed by atoms with E-state index in [1.54, 1.807) is 4.90 Å². The summed E-state index contributed by atoms with van der Waals surface area (Å²) < 4.78 is 0. The molecule has 0 bridgehead atoms. The van der Waals surface area contributed by atoms with Crippen LogP contribution in [0.1, 0.15) is 44.6 Å². The summed E-state index contributed by atoms with van der Waals surface area (Å²) in [7, 11) is 0. The van der Waals surface area contributed by atoms with Gasteiger partial charge in [-0.15, -0.1) is 0 Å². The summed E-state index contributed by atoms with van der Waals surface area (Å²) in [6, 6.07) is 9.08. The molecule has 4 N–H and O–H groups in total. The summed E-state index contributed by atoms with van der Waals surface area (Å²) in [4.78, 5) is 27.6. The van der Waals surface area contributed by atoms with Crippen LogP contribution in [0, 0.1) is 0 Å². The summed E-state index contributed by atoms with van der Waals surface area (Å²) in [6.45, 7) is 6.44. The van der Waals surface area contributed by atoms with E-state index in [1.165, 1.54) is 0 Å². The maximum absolute atomic E-state index is 13.0. The number of carbonyl (C=O) groups excluding carboxylic acids is 2. The first-order valence-corrected chi connectivity index (χ1v) is 9.86. The van der Waals surface area contributed by atoms with Crippen LogP contribution in [0.15, 0.2) is 42.6 Å². The molecule has 27 heavy (non-hydrogen) atoms. The highest BCUT2D eigenvalue weighted by molar-refractivity contribution is 5.91. The van der Waals surface area contributed by atoms with Crippen molar-refractivity contribution in [3.63, 3.8) is 0 Å². The molecule has 6 nitrogen and oxygen atoms in total. The van der Waals surface area contributed by atoms with E-state index in [9.17, 15) is 9.59 Å². The number of rotatable bonds is 7. The Morgan fingerprint density at radius 1 is 1.26 bits per heavy atom. The number of piperidine rings is 1. The molecule has 3 rings (SSSR count). The lowest BCUT2D eigenvalue weighted by Crippen LogP contribution is -2.58. The Labute approximate surface area is 161 Å². The minimum Gasteiger partial charge on any atom is -0.376 e. The molecule has 2 aliphatic rings. The lowest BCUT2D eigenvalue weighted by molar-refractivity contribution is -0.144. The highest BCUT2D eigenvalue weighted by Gasteiger charge is 2.46. The van der Waals surface area contributed by atoms with Crippen LogP contribution in [-0.4, -0.2) is 40.9 Å². The van der Waals surface area contributed by atoms with Gasteiger partial charge in [0.15, 0.2) is 0 Å². The molecule has 4 atom stereocenters. The Morgan fingerprint density at radius 3 is 2.67 bits per heavy atom. The van der Waals surface area contributed by atoms with Gasteiger partial charge >= 0.3 is 0 Å². The first-order valence-electron chi connectivity index (χ1n) is 9.86. The molecule has 1 aromatic carbocycles. The predicted molar refractivity (Wildman–Crippen MR) is 106 cm³/mol. The van der Waals surface area contributed by atoms with Gasteiger partial charge in [-0.05, 0) is 37.7 Å². The van der Waals surface area contributed by atoms with Crippen LogP contribution < -0.4 is 16.4 Å². The van der Waals surface area contributed by atoms with Crippen molar-refractivity contribution < 1.29 is 9.59 Å². The van der Waals surface area contributed by atoms with Gasteiger partial charge in [0.1, 0.15) is 12.1 Å². The van der Waals surface area contributed by atoms with Gasteiger partial charge in [0.25, 0.3) is 0 Å². The summed E-state index contributed by atoms with van der Waals surface area (Å²) in [5, 5.41) is 6.19. The summed E-state index contributed by atoms with van der Waals surface area (Å²) in [6.07, 6.45) is 4.04. The van der Waals surface area contributed by atoms with Crippen LogP contribution in [0.2, 0.25) is 0 Å². The Balaban J connectivity index is 1.62. The van der Waals surface area contributed by atoms with Gasteiger partial charge in [-0.2, -0.15) is 0 Å². The van der Waals surface area contributed by atoms with Crippen LogP contribution in [0.5, 0.6) is 0 Å². The third-order valence-corrected chi connectivity index (χ3v) is 5.70. The van der Waals surface area contributed by atoms with Gasteiger partial charge in [-0.1, -0.05) is 43.8 Å². The summed E-state index contributed by atoms with van der Waals surface area (Å²) in [5.74, 6) is -0.0764. The molecular formula is C21H30N4O2. The van der Waals surface area contributed by atoms with Gasteiger partial charge in [0, 0.05) is 24.3 Å². The minimum atomic E-state index is -0.385. The maximum atomic E-state index is 13.0. The number of nitrogens with zero attached hydrogens (tertiary/aromatic N) is 1. The Bertz CT molecular complexity index is 691. The molecule has 2 fully saturated rings. The zero-order chi connectivity index (χ0) is 19.4. The van der Waals surface area contributed by atoms with E-state index >= 15 is 0 Å². The second kappa shape index (κ2) is 8.57. The normalized spacial score (nSPS) is 25.6. The average molecular weight is 370 g/mol. The average Bonchev–Trinajstić information content (AvgIpc) is 3.13. The van der Waals surface area contributed by atoms with Crippen molar-refractivity contribution in [1.29, 1.82) is 0 Å². The molecule has 2 amide bonds. The molecule has 2 saturated heterocycles. The first kappa shape index (κ1) is 19.4. The molecule has 0 radical (unpaired) electrons. The van der Waals surface area contributed by atoms with Crippen molar-refractivity contribution in [1.82, 2.24) is 15.5 Å². The third-order valence-electron chi connectivity index (χ3n) is 5.70. The SMILES string of the molecule is C=C(NC1CCC2CCC(C(=O)NCc3ccccc3)N2C1=O)C(N)CC. The minimum absolute atomic E-state index is 0.00642. The van der Waals surface area contributed by atoms with Crippen LogP contribution in [0.4, 0.5) is 0 Å². The molecule has 0 spiro atoms. The van der Waals surface area contributed by atoms with Crippen molar-refractivity contribution in [3.8, 4) is 0 Å².